The van der Waals surface area contributed by atoms with Crippen LogP contribution in [-0.2, 0) is 12.7 Å². The third-order valence-electron chi connectivity index (χ3n) is 4.07. The van der Waals surface area contributed by atoms with Crippen LogP contribution in [0.1, 0.15) is 47.7 Å². The third kappa shape index (κ3) is 7.06. The fourth-order valence-electron chi connectivity index (χ4n) is 2.30. The zero-order valence-electron chi connectivity index (χ0n) is 17.5. The van der Waals surface area contributed by atoms with Gasteiger partial charge in [0.05, 0.1) is 19.3 Å². The quantitative estimate of drug-likeness (QED) is 0.502. The van der Waals surface area contributed by atoms with Crippen LogP contribution in [0.25, 0.3) is 10.6 Å². The minimum Gasteiger partial charge on any atom is -0.497 e. The monoisotopic (exact) mass is 451 g/mol. The first kappa shape index (κ1) is 24.3. The molecule has 166 valence electrons. The van der Waals surface area contributed by atoms with E-state index in [-0.39, 0.29) is 11.6 Å². The van der Waals surface area contributed by atoms with Crippen molar-refractivity contribution < 1.29 is 22.7 Å². The lowest BCUT2D eigenvalue weighted by Crippen LogP contribution is -2.25. The number of amides is 1. The molecular formula is C22H24F3N3O2S. The Morgan fingerprint density at radius 2 is 1.87 bits per heavy atom. The lowest BCUT2D eigenvalue weighted by molar-refractivity contribution is -0.141. The Balaban J connectivity index is 0.000000785. The predicted octanol–water partition coefficient (Wildman–Crippen LogP) is 5.97. The zero-order valence-corrected chi connectivity index (χ0v) is 18.3. The first-order valence-corrected chi connectivity index (χ1v) is 10.5. The smallest absolute Gasteiger partial charge is 0.435 e. The number of hydrogen-bond donors (Lipinski definition) is 1. The molecular weight excluding hydrogens is 427 g/mol. The summed E-state index contributed by atoms with van der Waals surface area (Å²) in [5, 5.41) is 2.55. The standard InChI is InChI=1S/C18H14F3N3O2S.C4H10/c1-26-13-7-4-5-11(9-13)17-24-15(18(19,20)21)14(27-17)16(25)23-10-12-6-2-3-8-22-12;1-3-4-2/h2-9H,10H2,1H3,(H,23,25);3-4H2,1-2H3. The van der Waals surface area contributed by atoms with Crippen molar-refractivity contribution in [2.75, 3.05) is 7.11 Å². The van der Waals surface area contributed by atoms with Crippen LogP contribution in [-0.4, -0.2) is 23.0 Å². The van der Waals surface area contributed by atoms with Crippen molar-refractivity contribution in [3.05, 3.63) is 64.9 Å². The SMILES string of the molecule is CCCC.COc1cccc(-c2nc(C(F)(F)F)c(C(=O)NCc3ccccn3)s2)c1. The van der Waals surface area contributed by atoms with E-state index in [1.165, 1.54) is 26.1 Å². The summed E-state index contributed by atoms with van der Waals surface area (Å²) in [5.74, 6) is -0.364. The second-order valence-electron chi connectivity index (χ2n) is 6.43. The van der Waals surface area contributed by atoms with Gasteiger partial charge in [0.1, 0.15) is 15.6 Å². The highest BCUT2D eigenvalue weighted by Crippen LogP contribution is 2.38. The number of pyridine rings is 1. The molecule has 1 N–H and O–H groups in total. The summed E-state index contributed by atoms with van der Waals surface area (Å²) in [4.78, 5) is 19.6. The van der Waals surface area contributed by atoms with E-state index in [1.54, 1.807) is 42.5 Å². The van der Waals surface area contributed by atoms with Gasteiger partial charge in [-0.2, -0.15) is 13.2 Å². The van der Waals surface area contributed by atoms with Gasteiger partial charge in [-0.05, 0) is 24.3 Å². The van der Waals surface area contributed by atoms with E-state index in [2.05, 4.69) is 29.1 Å². The second kappa shape index (κ2) is 11.5. The number of hydrogen-bond acceptors (Lipinski definition) is 5. The van der Waals surface area contributed by atoms with Crippen molar-refractivity contribution >= 4 is 17.2 Å². The average Bonchev–Trinajstić information content (AvgIpc) is 3.25. The number of nitrogens with zero attached hydrogens (tertiary/aromatic N) is 2. The molecule has 0 saturated heterocycles. The molecule has 0 saturated carbocycles. The van der Waals surface area contributed by atoms with Crippen LogP contribution in [0.5, 0.6) is 5.75 Å². The van der Waals surface area contributed by atoms with E-state index in [1.807, 2.05) is 0 Å². The summed E-state index contributed by atoms with van der Waals surface area (Å²) >= 11 is 0.683. The van der Waals surface area contributed by atoms with Crippen LogP contribution in [0.4, 0.5) is 13.2 Å². The highest BCUT2D eigenvalue weighted by Gasteiger charge is 2.39. The number of carbonyl (C=O) groups excluding carboxylic acids is 1. The van der Waals surface area contributed by atoms with Gasteiger partial charge >= 0.3 is 6.18 Å². The number of benzene rings is 1. The molecule has 0 unspecified atom stereocenters. The maximum absolute atomic E-state index is 13.4. The number of thiazole rings is 1. The molecule has 2 aromatic heterocycles. The maximum Gasteiger partial charge on any atom is 0.435 e. The summed E-state index contributed by atoms with van der Waals surface area (Å²) in [5.41, 5.74) is -0.227. The van der Waals surface area contributed by atoms with Gasteiger partial charge in [0, 0.05) is 11.8 Å². The number of carbonyl (C=O) groups is 1. The third-order valence-corrected chi connectivity index (χ3v) is 5.18. The number of nitrogens with one attached hydrogen (secondary N) is 1. The zero-order chi connectivity index (χ0) is 22.9. The summed E-state index contributed by atoms with van der Waals surface area (Å²) in [6.45, 7) is 4.38. The Bertz CT molecular complexity index is 974. The maximum atomic E-state index is 13.4. The minimum atomic E-state index is -4.74. The van der Waals surface area contributed by atoms with Crippen LogP contribution in [0.2, 0.25) is 0 Å². The predicted molar refractivity (Wildman–Crippen MR) is 115 cm³/mol. The number of methoxy groups -OCH3 is 1. The number of rotatable bonds is 6. The van der Waals surface area contributed by atoms with Gasteiger partial charge in [0.2, 0.25) is 0 Å². The number of ether oxygens (including phenoxy) is 1. The first-order chi connectivity index (χ1) is 14.8. The van der Waals surface area contributed by atoms with E-state index in [0.29, 0.717) is 28.3 Å². The lowest BCUT2D eigenvalue weighted by atomic mass is 10.2. The van der Waals surface area contributed by atoms with E-state index in [0.717, 1.165) is 0 Å². The van der Waals surface area contributed by atoms with Crippen LogP contribution >= 0.6 is 11.3 Å². The molecule has 0 bridgehead atoms. The Hall–Kier alpha value is -2.94. The minimum absolute atomic E-state index is 0.0172. The molecule has 1 aromatic carbocycles. The lowest BCUT2D eigenvalue weighted by Gasteiger charge is -2.07. The number of unbranched alkanes of at least 4 members (excludes halogenated alkanes) is 1. The molecule has 0 aliphatic heterocycles. The topological polar surface area (TPSA) is 64.1 Å². The number of alkyl halides is 3. The van der Waals surface area contributed by atoms with Crippen molar-refractivity contribution in [3.8, 4) is 16.3 Å². The molecule has 1 amide bonds. The summed E-state index contributed by atoms with van der Waals surface area (Å²) in [6.07, 6.45) is -0.568. The van der Waals surface area contributed by atoms with Gasteiger partial charge in [-0.1, -0.05) is 44.9 Å². The highest BCUT2D eigenvalue weighted by molar-refractivity contribution is 7.17. The number of halogens is 3. The van der Waals surface area contributed by atoms with Crippen LogP contribution < -0.4 is 10.1 Å². The van der Waals surface area contributed by atoms with Crippen molar-refractivity contribution in [2.24, 2.45) is 0 Å². The molecule has 0 aliphatic rings. The molecule has 5 nitrogen and oxygen atoms in total. The fourth-order valence-corrected chi connectivity index (χ4v) is 3.30. The van der Waals surface area contributed by atoms with Crippen molar-refractivity contribution in [2.45, 2.75) is 39.4 Å². The molecule has 0 aliphatic carbocycles. The second-order valence-corrected chi connectivity index (χ2v) is 7.43. The van der Waals surface area contributed by atoms with Crippen LogP contribution in [0.3, 0.4) is 0 Å². The molecule has 0 atom stereocenters. The Labute approximate surface area is 183 Å². The van der Waals surface area contributed by atoms with E-state index >= 15 is 0 Å². The van der Waals surface area contributed by atoms with E-state index < -0.39 is 22.7 Å². The van der Waals surface area contributed by atoms with Gasteiger partial charge in [-0.3, -0.25) is 9.78 Å². The molecule has 2 heterocycles. The number of aromatic nitrogens is 2. The van der Waals surface area contributed by atoms with Crippen molar-refractivity contribution in [1.29, 1.82) is 0 Å². The van der Waals surface area contributed by atoms with Crippen molar-refractivity contribution in [3.63, 3.8) is 0 Å². The normalized spacial score (nSPS) is 10.8. The van der Waals surface area contributed by atoms with Gasteiger partial charge in [-0.15, -0.1) is 11.3 Å². The van der Waals surface area contributed by atoms with Gasteiger partial charge in [0.25, 0.3) is 5.91 Å². The molecule has 9 heteroatoms. The van der Waals surface area contributed by atoms with Crippen molar-refractivity contribution in [1.82, 2.24) is 15.3 Å². The van der Waals surface area contributed by atoms with Gasteiger partial charge in [-0.25, -0.2) is 4.98 Å². The molecule has 0 fully saturated rings. The Morgan fingerprint density at radius 1 is 1.13 bits per heavy atom. The van der Waals surface area contributed by atoms with Gasteiger partial charge in [0.15, 0.2) is 5.69 Å². The summed E-state index contributed by atoms with van der Waals surface area (Å²) in [6, 6.07) is 11.6. The molecule has 3 rings (SSSR count). The average molecular weight is 452 g/mol. The van der Waals surface area contributed by atoms with Crippen LogP contribution in [0.15, 0.2) is 48.7 Å². The Morgan fingerprint density at radius 3 is 2.45 bits per heavy atom. The molecule has 31 heavy (non-hydrogen) atoms. The summed E-state index contributed by atoms with van der Waals surface area (Å²) in [7, 11) is 1.46. The molecule has 3 aromatic rings. The van der Waals surface area contributed by atoms with Crippen LogP contribution in [0, 0.1) is 0 Å². The largest absolute Gasteiger partial charge is 0.497 e. The van der Waals surface area contributed by atoms with E-state index in [9.17, 15) is 18.0 Å². The fraction of sp³-hybridized carbons (Fsp3) is 0.318. The first-order valence-electron chi connectivity index (χ1n) is 9.70. The Kier molecular flexibility index (Phi) is 8.99. The summed E-state index contributed by atoms with van der Waals surface area (Å²) < 4.78 is 45.2. The van der Waals surface area contributed by atoms with Gasteiger partial charge < -0.3 is 10.1 Å². The highest BCUT2D eigenvalue weighted by atomic mass is 32.1. The van der Waals surface area contributed by atoms with E-state index in [4.69, 9.17) is 4.74 Å². The molecule has 0 radical (unpaired) electrons. The molecule has 0 spiro atoms.